The Kier molecular flexibility index (Phi) is 4.68. The van der Waals surface area contributed by atoms with Crippen LogP contribution in [0.3, 0.4) is 0 Å². The monoisotopic (exact) mass is 482 g/mol. The highest BCUT2D eigenvalue weighted by Gasteiger charge is 2.44. The average Bonchev–Trinajstić information content (AvgIpc) is 3.17. The largest absolute Gasteiger partial charge is 0.481 e. The molecule has 1 saturated carbocycles. The molecule has 2 unspecified atom stereocenters. The van der Waals surface area contributed by atoms with Crippen molar-refractivity contribution in [1.29, 1.82) is 0 Å². The van der Waals surface area contributed by atoms with Gasteiger partial charge in [-0.05, 0) is 36.1 Å². The van der Waals surface area contributed by atoms with Crippen LogP contribution in [0.15, 0.2) is 41.2 Å². The van der Waals surface area contributed by atoms with Gasteiger partial charge in [-0.15, -0.1) is 0 Å². The van der Waals surface area contributed by atoms with Gasteiger partial charge in [0, 0.05) is 18.0 Å². The van der Waals surface area contributed by atoms with E-state index >= 15 is 0 Å². The van der Waals surface area contributed by atoms with Gasteiger partial charge in [0.05, 0.1) is 21.5 Å². The van der Waals surface area contributed by atoms with Gasteiger partial charge in [-0.2, -0.15) is 18.2 Å². The second-order valence-electron chi connectivity index (χ2n) is 7.38. The molecular weight excluding hydrogens is 472 g/mol. The van der Waals surface area contributed by atoms with Crippen molar-refractivity contribution in [2.24, 2.45) is 5.92 Å². The Morgan fingerprint density at radius 3 is 2.59 bits per heavy atom. The highest BCUT2D eigenvalue weighted by atomic mass is 35.5. The van der Waals surface area contributed by atoms with E-state index in [1.54, 1.807) is 18.2 Å². The molecule has 1 aromatic carbocycles. The van der Waals surface area contributed by atoms with Crippen molar-refractivity contribution in [3.63, 3.8) is 0 Å². The lowest BCUT2D eigenvalue weighted by Gasteiger charge is -2.07. The first kappa shape index (κ1) is 20.8. The van der Waals surface area contributed by atoms with Gasteiger partial charge in [0.1, 0.15) is 5.69 Å². The van der Waals surface area contributed by atoms with Crippen LogP contribution >= 0.6 is 23.2 Å². The van der Waals surface area contributed by atoms with E-state index in [9.17, 15) is 18.0 Å². The van der Waals surface area contributed by atoms with Crippen molar-refractivity contribution in [2.75, 3.05) is 0 Å². The van der Waals surface area contributed by atoms with Gasteiger partial charge in [0.25, 0.3) is 5.89 Å². The van der Waals surface area contributed by atoms with Crippen LogP contribution in [0.5, 0.6) is 0 Å². The number of rotatable bonds is 4. The first-order chi connectivity index (χ1) is 15.1. The summed E-state index contributed by atoms with van der Waals surface area (Å²) in [6.07, 6.45) is -1.83. The van der Waals surface area contributed by atoms with E-state index in [4.69, 9.17) is 32.8 Å². The minimum atomic E-state index is -4.56. The average molecular weight is 483 g/mol. The number of hydrogen-bond acceptors (Lipinski definition) is 5. The zero-order valence-electron chi connectivity index (χ0n) is 15.8. The minimum absolute atomic E-state index is 0.0263. The van der Waals surface area contributed by atoms with Gasteiger partial charge in [-0.3, -0.25) is 4.79 Å². The molecule has 5 rings (SSSR count). The number of hydrogen-bond donors (Lipinski definition) is 1. The van der Waals surface area contributed by atoms with Crippen LogP contribution < -0.4 is 0 Å². The fraction of sp³-hybridized carbons (Fsp3) is 0.200. The van der Waals surface area contributed by atoms with Gasteiger partial charge >= 0.3 is 12.1 Å². The maximum absolute atomic E-state index is 13.0. The lowest BCUT2D eigenvalue weighted by Crippen LogP contribution is -2.06. The van der Waals surface area contributed by atoms with E-state index in [0.29, 0.717) is 17.0 Å². The topological polar surface area (TPSA) is 93.5 Å². The van der Waals surface area contributed by atoms with Crippen molar-refractivity contribution < 1.29 is 27.6 Å². The molecule has 164 valence electrons. The molecule has 3 heterocycles. The van der Waals surface area contributed by atoms with E-state index in [0.717, 1.165) is 22.2 Å². The lowest BCUT2D eigenvalue weighted by atomic mass is 10.1. The number of fused-ring (bicyclic) bond motifs is 1. The quantitative estimate of drug-likeness (QED) is 0.408. The van der Waals surface area contributed by atoms with Gasteiger partial charge in [-0.1, -0.05) is 34.4 Å². The molecule has 7 nitrogen and oxygen atoms in total. The summed E-state index contributed by atoms with van der Waals surface area (Å²) >= 11 is 12.3. The van der Waals surface area contributed by atoms with E-state index in [1.807, 2.05) is 0 Å². The second-order valence-corrected chi connectivity index (χ2v) is 8.20. The molecule has 12 heteroatoms. The Bertz CT molecular complexity index is 1380. The summed E-state index contributed by atoms with van der Waals surface area (Å²) in [5, 5.41) is 13.1. The van der Waals surface area contributed by atoms with E-state index in [2.05, 4.69) is 15.1 Å². The summed E-state index contributed by atoms with van der Waals surface area (Å²) in [5.41, 5.74) is 0.594. The molecule has 32 heavy (non-hydrogen) atoms. The fourth-order valence-electron chi connectivity index (χ4n) is 3.53. The third kappa shape index (κ3) is 3.59. The van der Waals surface area contributed by atoms with Gasteiger partial charge in [-0.25, -0.2) is 4.98 Å². The number of aromatic nitrogens is 4. The molecular formula is C20H11Cl2F3N4O3. The number of pyridine rings is 1. The maximum Gasteiger partial charge on any atom is 0.417 e. The van der Waals surface area contributed by atoms with Crippen LogP contribution in [-0.4, -0.2) is 30.6 Å². The molecule has 3 aromatic heterocycles. The zero-order valence-corrected chi connectivity index (χ0v) is 17.3. The third-order valence-electron chi connectivity index (χ3n) is 5.25. The van der Waals surface area contributed by atoms with Crippen LogP contribution in [0.1, 0.15) is 23.5 Å². The Morgan fingerprint density at radius 2 is 1.94 bits per heavy atom. The van der Waals surface area contributed by atoms with Crippen molar-refractivity contribution in [3.05, 3.63) is 57.8 Å². The number of carbonyl (C=O) groups is 1. The molecule has 1 aliphatic carbocycles. The van der Waals surface area contributed by atoms with Crippen LogP contribution in [-0.2, 0) is 11.0 Å². The third-order valence-corrected chi connectivity index (χ3v) is 5.84. The molecule has 0 spiro atoms. The first-order valence-electron chi connectivity index (χ1n) is 9.24. The van der Waals surface area contributed by atoms with Crippen molar-refractivity contribution in [2.45, 2.75) is 18.5 Å². The molecule has 0 saturated heterocycles. The Morgan fingerprint density at radius 1 is 1.16 bits per heavy atom. The molecule has 1 aliphatic rings. The maximum atomic E-state index is 13.0. The minimum Gasteiger partial charge on any atom is -0.481 e. The number of carboxylic acids is 1. The summed E-state index contributed by atoms with van der Waals surface area (Å²) in [5.74, 6) is -1.20. The number of alkyl halides is 3. The van der Waals surface area contributed by atoms with Gasteiger partial charge < -0.3 is 14.0 Å². The number of nitrogens with zero attached hydrogens (tertiary/aromatic N) is 4. The molecule has 2 atom stereocenters. The van der Waals surface area contributed by atoms with Crippen molar-refractivity contribution in [3.8, 4) is 23.0 Å². The summed E-state index contributed by atoms with van der Waals surface area (Å²) < 4.78 is 45.4. The highest BCUT2D eigenvalue weighted by Crippen LogP contribution is 2.48. The number of carboxylic acid groups (broad SMARTS) is 1. The highest BCUT2D eigenvalue weighted by molar-refractivity contribution is 6.33. The van der Waals surface area contributed by atoms with Crippen LogP contribution in [0.2, 0.25) is 10.0 Å². The van der Waals surface area contributed by atoms with Crippen LogP contribution in [0.25, 0.3) is 28.6 Å². The predicted molar refractivity (Wildman–Crippen MR) is 107 cm³/mol. The fourth-order valence-corrected chi connectivity index (χ4v) is 4.06. The predicted octanol–water partition coefficient (Wildman–Crippen LogP) is 5.57. The summed E-state index contributed by atoms with van der Waals surface area (Å²) in [4.78, 5) is 19.5. The summed E-state index contributed by atoms with van der Waals surface area (Å²) in [6, 6.07) is 5.89. The number of halogens is 5. The summed E-state index contributed by atoms with van der Waals surface area (Å²) in [7, 11) is 0. The molecule has 0 amide bonds. The van der Waals surface area contributed by atoms with E-state index < -0.39 is 23.6 Å². The molecule has 1 fully saturated rings. The Hall–Kier alpha value is -3.11. The molecule has 0 bridgehead atoms. The summed E-state index contributed by atoms with van der Waals surface area (Å²) in [6.45, 7) is 0. The number of imidazole rings is 1. The smallest absolute Gasteiger partial charge is 0.417 e. The lowest BCUT2D eigenvalue weighted by molar-refractivity contribution is -0.139. The van der Waals surface area contributed by atoms with E-state index in [1.165, 1.54) is 6.20 Å². The molecule has 4 aromatic rings. The standard InChI is InChI=1S/C20H11Cl2F3N4O3/c21-13-3-8(11-5-12(11)19(30)31)1-2-10(13)16-27-18(32-28-16)15-7-29-6-9(20(23,24)25)4-14(22)17(29)26-15/h1-4,6-7,11-12H,5H2,(H,30,31). The number of benzene rings is 1. The van der Waals surface area contributed by atoms with Crippen molar-refractivity contribution >= 4 is 34.8 Å². The second kappa shape index (κ2) is 7.21. The SMILES string of the molecule is O=C(O)C1CC1c1ccc(-c2noc(-c3cn4cc(C(F)(F)F)cc(Cl)c4n3)n2)c(Cl)c1. The van der Waals surface area contributed by atoms with Gasteiger partial charge in [0.2, 0.25) is 5.82 Å². The Balaban J connectivity index is 1.46. The van der Waals surface area contributed by atoms with Crippen molar-refractivity contribution in [1.82, 2.24) is 19.5 Å². The molecule has 0 radical (unpaired) electrons. The normalized spacial score (nSPS) is 18.3. The van der Waals surface area contributed by atoms with Crippen LogP contribution in [0, 0.1) is 5.92 Å². The van der Waals surface area contributed by atoms with Gasteiger partial charge in [0.15, 0.2) is 5.65 Å². The molecule has 1 N–H and O–H groups in total. The Labute approximate surface area is 187 Å². The zero-order chi connectivity index (χ0) is 22.8. The first-order valence-corrected chi connectivity index (χ1v) is 9.99. The van der Waals surface area contributed by atoms with Crippen LogP contribution in [0.4, 0.5) is 13.2 Å². The van der Waals surface area contributed by atoms with E-state index in [-0.39, 0.29) is 34.0 Å². The number of aliphatic carboxylic acids is 1. The molecule has 0 aliphatic heterocycles.